The highest BCUT2D eigenvalue weighted by Crippen LogP contribution is 2.46. The first-order valence-corrected chi connectivity index (χ1v) is 5.62. The second-order valence-corrected chi connectivity index (χ2v) is 4.78. The fourth-order valence-corrected chi connectivity index (χ4v) is 2.74. The lowest BCUT2D eigenvalue weighted by molar-refractivity contribution is -0.136. The number of carbonyl (C=O) groups is 1. The highest BCUT2D eigenvalue weighted by molar-refractivity contribution is 5.84. The first-order chi connectivity index (χ1) is 8.13. The van der Waals surface area contributed by atoms with Gasteiger partial charge >= 0.3 is 0 Å². The summed E-state index contributed by atoms with van der Waals surface area (Å²) in [5.74, 6) is -0.149. The standard InChI is InChI=1S/C13H12N2O2/c1-13-6-9(10(7-14)12(16)15-13)8-4-2-3-5-11(8)17-13/h2-5,9-10H,6H2,1H3,(H,15,16)/t9-,10+,13-/m1/s1. The van der Waals surface area contributed by atoms with E-state index >= 15 is 0 Å². The van der Waals surface area contributed by atoms with E-state index in [4.69, 9.17) is 10.00 Å². The van der Waals surface area contributed by atoms with Gasteiger partial charge in [0.25, 0.3) is 0 Å². The van der Waals surface area contributed by atoms with Crippen molar-refractivity contribution in [3.05, 3.63) is 29.8 Å². The van der Waals surface area contributed by atoms with E-state index < -0.39 is 11.6 Å². The zero-order valence-corrected chi connectivity index (χ0v) is 9.43. The Morgan fingerprint density at radius 2 is 2.29 bits per heavy atom. The van der Waals surface area contributed by atoms with Crippen LogP contribution in [0.1, 0.15) is 24.8 Å². The molecule has 2 aliphatic heterocycles. The van der Waals surface area contributed by atoms with Gasteiger partial charge in [-0.25, -0.2) is 0 Å². The SMILES string of the molecule is C[C@]12C[C@H](c3ccccc3O1)[C@H](C#N)C(=O)N2. The summed E-state index contributed by atoms with van der Waals surface area (Å²) in [6, 6.07) is 9.72. The van der Waals surface area contributed by atoms with E-state index in [-0.39, 0.29) is 11.8 Å². The Labute approximate surface area is 99.2 Å². The molecule has 2 aliphatic rings. The number of para-hydroxylation sites is 1. The number of fused-ring (bicyclic) bond motifs is 4. The fourth-order valence-electron chi connectivity index (χ4n) is 2.74. The summed E-state index contributed by atoms with van der Waals surface area (Å²) in [6.45, 7) is 1.85. The van der Waals surface area contributed by atoms with Crippen molar-refractivity contribution in [3.8, 4) is 11.8 Å². The molecule has 0 unspecified atom stereocenters. The van der Waals surface area contributed by atoms with Gasteiger partial charge in [-0.05, 0) is 18.6 Å². The van der Waals surface area contributed by atoms with Gasteiger partial charge in [0, 0.05) is 12.3 Å². The Morgan fingerprint density at radius 1 is 1.53 bits per heavy atom. The van der Waals surface area contributed by atoms with Crippen molar-refractivity contribution in [2.45, 2.75) is 25.0 Å². The van der Waals surface area contributed by atoms with Gasteiger partial charge < -0.3 is 10.1 Å². The lowest BCUT2D eigenvalue weighted by atomic mass is 9.75. The maximum atomic E-state index is 11.8. The van der Waals surface area contributed by atoms with Crippen LogP contribution in [-0.2, 0) is 4.79 Å². The molecule has 1 aromatic carbocycles. The Bertz CT molecular complexity index is 534. The van der Waals surface area contributed by atoms with Crippen LogP contribution in [0.2, 0.25) is 0 Å². The largest absolute Gasteiger partial charge is 0.468 e. The van der Waals surface area contributed by atoms with E-state index in [1.54, 1.807) is 0 Å². The molecule has 4 nitrogen and oxygen atoms in total. The van der Waals surface area contributed by atoms with E-state index in [1.165, 1.54) is 0 Å². The second kappa shape index (κ2) is 3.24. The van der Waals surface area contributed by atoms with Gasteiger partial charge in [0.15, 0.2) is 5.72 Å². The smallest absolute Gasteiger partial charge is 0.240 e. The first kappa shape index (κ1) is 10.2. The summed E-state index contributed by atoms with van der Waals surface area (Å²) in [5.41, 5.74) is 0.287. The van der Waals surface area contributed by atoms with Crippen molar-refractivity contribution in [1.82, 2.24) is 5.32 Å². The van der Waals surface area contributed by atoms with Gasteiger partial charge in [-0.2, -0.15) is 5.26 Å². The summed E-state index contributed by atoms with van der Waals surface area (Å²) in [4.78, 5) is 11.8. The molecule has 1 N–H and O–H groups in total. The number of nitriles is 1. The summed E-state index contributed by atoms with van der Waals surface area (Å²) < 4.78 is 5.81. The molecule has 1 fully saturated rings. The average Bonchev–Trinajstić information content (AvgIpc) is 2.28. The van der Waals surface area contributed by atoms with Crippen molar-refractivity contribution in [2.24, 2.45) is 5.92 Å². The molecule has 17 heavy (non-hydrogen) atoms. The number of ether oxygens (including phenoxy) is 1. The first-order valence-electron chi connectivity index (χ1n) is 5.62. The van der Waals surface area contributed by atoms with Crippen molar-refractivity contribution in [1.29, 1.82) is 5.26 Å². The Kier molecular flexibility index (Phi) is 1.93. The molecule has 0 radical (unpaired) electrons. The molecular weight excluding hydrogens is 216 g/mol. The number of hydrogen-bond donors (Lipinski definition) is 1. The summed E-state index contributed by atoms with van der Waals surface area (Å²) in [6.07, 6.45) is 0.647. The second-order valence-electron chi connectivity index (χ2n) is 4.78. The maximum Gasteiger partial charge on any atom is 0.240 e. The Morgan fingerprint density at radius 3 is 3.06 bits per heavy atom. The molecule has 1 saturated heterocycles. The van der Waals surface area contributed by atoms with Crippen LogP contribution >= 0.6 is 0 Å². The number of carbonyl (C=O) groups excluding carboxylic acids is 1. The van der Waals surface area contributed by atoms with Gasteiger partial charge in [-0.15, -0.1) is 0 Å². The zero-order chi connectivity index (χ0) is 12.0. The quantitative estimate of drug-likeness (QED) is 0.732. The van der Waals surface area contributed by atoms with Crippen molar-refractivity contribution in [3.63, 3.8) is 0 Å². The van der Waals surface area contributed by atoms with Crippen LogP contribution in [0, 0.1) is 17.2 Å². The number of hydrogen-bond acceptors (Lipinski definition) is 3. The number of nitrogens with zero attached hydrogens (tertiary/aromatic N) is 1. The van der Waals surface area contributed by atoms with Crippen LogP contribution in [0.5, 0.6) is 5.75 Å². The number of rotatable bonds is 0. The molecule has 3 atom stereocenters. The number of nitrogens with one attached hydrogen (secondary N) is 1. The Balaban J connectivity index is 2.15. The predicted octanol–water partition coefficient (Wildman–Crippen LogP) is 1.54. The van der Waals surface area contributed by atoms with Gasteiger partial charge in [0.2, 0.25) is 5.91 Å². The monoisotopic (exact) mass is 228 g/mol. The van der Waals surface area contributed by atoms with Crippen molar-refractivity contribution in [2.75, 3.05) is 0 Å². The van der Waals surface area contributed by atoms with E-state index in [9.17, 15) is 4.79 Å². The molecule has 2 bridgehead atoms. The predicted molar refractivity (Wildman–Crippen MR) is 60.1 cm³/mol. The lowest BCUT2D eigenvalue weighted by Crippen LogP contribution is -2.60. The van der Waals surface area contributed by atoms with E-state index in [2.05, 4.69) is 11.4 Å². The number of amides is 1. The minimum Gasteiger partial charge on any atom is -0.468 e. The molecule has 4 heteroatoms. The summed E-state index contributed by atoms with van der Waals surface area (Å²) >= 11 is 0. The van der Waals surface area contributed by atoms with Gasteiger partial charge in [-0.1, -0.05) is 18.2 Å². The topological polar surface area (TPSA) is 62.1 Å². The van der Waals surface area contributed by atoms with E-state index in [0.29, 0.717) is 6.42 Å². The maximum absolute atomic E-state index is 11.8. The Hall–Kier alpha value is -2.02. The molecule has 1 amide bonds. The highest BCUT2D eigenvalue weighted by atomic mass is 16.5. The third-order valence-corrected chi connectivity index (χ3v) is 3.47. The van der Waals surface area contributed by atoms with Gasteiger partial charge in [0.05, 0.1) is 6.07 Å². The van der Waals surface area contributed by atoms with Crippen molar-refractivity contribution >= 4 is 5.91 Å². The summed E-state index contributed by atoms with van der Waals surface area (Å²) in [7, 11) is 0. The third-order valence-electron chi connectivity index (χ3n) is 3.47. The summed E-state index contributed by atoms with van der Waals surface area (Å²) in [5, 5.41) is 11.9. The molecule has 0 aromatic heterocycles. The molecule has 0 spiro atoms. The van der Waals surface area contributed by atoms with Gasteiger partial charge in [-0.3, -0.25) is 4.79 Å². The fraction of sp³-hybridized carbons (Fsp3) is 0.385. The molecule has 0 saturated carbocycles. The van der Waals surface area contributed by atoms with E-state index in [1.807, 2.05) is 31.2 Å². The van der Waals surface area contributed by atoms with Crippen LogP contribution in [0.3, 0.4) is 0 Å². The van der Waals surface area contributed by atoms with Crippen LogP contribution in [0.15, 0.2) is 24.3 Å². The minimum absolute atomic E-state index is 0.0660. The third kappa shape index (κ3) is 1.39. The molecule has 0 aliphatic carbocycles. The molecule has 1 aromatic rings. The van der Waals surface area contributed by atoms with E-state index in [0.717, 1.165) is 11.3 Å². The number of benzene rings is 1. The molecule has 86 valence electrons. The lowest BCUT2D eigenvalue weighted by Gasteiger charge is -2.45. The van der Waals surface area contributed by atoms with Crippen LogP contribution in [-0.4, -0.2) is 11.6 Å². The zero-order valence-electron chi connectivity index (χ0n) is 9.43. The molecular formula is C13H12N2O2. The van der Waals surface area contributed by atoms with Crippen LogP contribution in [0.4, 0.5) is 0 Å². The minimum atomic E-state index is -0.677. The van der Waals surface area contributed by atoms with Crippen LogP contribution < -0.4 is 10.1 Å². The highest BCUT2D eigenvalue weighted by Gasteiger charge is 2.49. The average molecular weight is 228 g/mol. The van der Waals surface area contributed by atoms with Crippen LogP contribution in [0.25, 0.3) is 0 Å². The van der Waals surface area contributed by atoms with Gasteiger partial charge in [0.1, 0.15) is 11.7 Å². The number of piperidine rings is 1. The molecule has 2 heterocycles. The molecule has 3 rings (SSSR count). The van der Waals surface area contributed by atoms with Crippen molar-refractivity contribution < 1.29 is 9.53 Å². The normalized spacial score (nSPS) is 34.0.